The van der Waals surface area contributed by atoms with Crippen LogP contribution in [0.15, 0.2) is 79.0 Å². The molecular weight excluding hydrogens is 515 g/mol. The van der Waals surface area contributed by atoms with E-state index in [0.717, 1.165) is 52.8 Å². The third kappa shape index (κ3) is 6.80. The molecule has 3 aromatic carbocycles. The largest absolute Gasteiger partial charge is 0.493 e. The zero-order chi connectivity index (χ0) is 28.1. The number of benzene rings is 3. The number of fused-ring (bicyclic) bond motifs is 1. The number of aromatic nitrogens is 1. The molecule has 0 spiro atoms. The number of pyridine rings is 1. The number of rotatable bonds is 8. The highest BCUT2D eigenvalue weighted by atomic mass is 19.4. The van der Waals surface area contributed by atoms with Crippen LogP contribution < -0.4 is 4.74 Å². The van der Waals surface area contributed by atoms with Crippen LogP contribution in [0.1, 0.15) is 39.7 Å². The summed E-state index contributed by atoms with van der Waals surface area (Å²) in [6.45, 7) is 5.67. The zero-order valence-corrected chi connectivity index (χ0v) is 22.5. The molecule has 208 valence electrons. The van der Waals surface area contributed by atoms with Crippen molar-refractivity contribution in [2.75, 3.05) is 32.8 Å². The average molecular weight is 548 g/mol. The summed E-state index contributed by atoms with van der Waals surface area (Å²) in [5.74, 6) is 0.763. The summed E-state index contributed by atoms with van der Waals surface area (Å²) in [6, 6.07) is 21.0. The minimum atomic E-state index is -4.33. The van der Waals surface area contributed by atoms with Crippen molar-refractivity contribution in [3.8, 4) is 5.75 Å². The van der Waals surface area contributed by atoms with Gasteiger partial charge in [-0.3, -0.25) is 14.7 Å². The predicted octanol–water partition coefficient (Wildman–Crippen LogP) is 6.40. The second kappa shape index (κ2) is 12.1. The Morgan fingerprint density at radius 1 is 0.875 bits per heavy atom. The number of halogens is 3. The van der Waals surface area contributed by atoms with Crippen molar-refractivity contribution in [2.24, 2.45) is 0 Å². The molecule has 0 unspecified atom stereocenters. The lowest BCUT2D eigenvalue weighted by Gasteiger charge is -2.35. The molecule has 0 aliphatic carbocycles. The molecule has 0 N–H and O–H groups in total. The second-order valence-electron chi connectivity index (χ2n) is 10.1. The maximum atomic E-state index is 13.2. The van der Waals surface area contributed by atoms with Gasteiger partial charge in [0.2, 0.25) is 0 Å². The van der Waals surface area contributed by atoms with E-state index in [0.29, 0.717) is 44.9 Å². The second-order valence-corrected chi connectivity index (χ2v) is 10.1. The first kappa shape index (κ1) is 27.6. The quantitative estimate of drug-likeness (QED) is 0.256. The summed E-state index contributed by atoms with van der Waals surface area (Å²) in [5, 5.41) is 1.97. The lowest BCUT2D eigenvalue weighted by molar-refractivity contribution is -0.137. The van der Waals surface area contributed by atoms with Crippen molar-refractivity contribution in [3.63, 3.8) is 0 Å². The molecule has 5 rings (SSSR count). The molecule has 1 amide bonds. The minimum Gasteiger partial charge on any atom is -0.493 e. The Kier molecular flexibility index (Phi) is 8.35. The molecule has 2 heterocycles. The molecule has 8 heteroatoms. The molecule has 0 atom stereocenters. The zero-order valence-electron chi connectivity index (χ0n) is 22.5. The fourth-order valence-corrected chi connectivity index (χ4v) is 4.88. The van der Waals surface area contributed by atoms with Crippen LogP contribution in [-0.4, -0.2) is 53.5 Å². The van der Waals surface area contributed by atoms with Crippen LogP contribution in [0.25, 0.3) is 10.8 Å². The Hall–Kier alpha value is -3.91. The van der Waals surface area contributed by atoms with Gasteiger partial charge in [-0.1, -0.05) is 37.3 Å². The summed E-state index contributed by atoms with van der Waals surface area (Å²) in [4.78, 5) is 21.7. The first-order chi connectivity index (χ1) is 19.3. The summed E-state index contributed by atoms with van der Waals surface area (Å²) in [7, 11) is 0. The molecule has 1 saturated heterocycles. The van der Waals surface area contributed by atoms with Gasteiger partial charge in [-0.25, -0.2) is 0 Å². The van der Waals surface area contributed by atoms with Crippen molar-refractivity contribution < 1.29 is 22.7 Å². The molecule has 5 nitrogen and oxygen atoms in total. The highest BCUT2D eigenvalue weighted by molar-refractivity contribution is 5.98. The van der Waals surface area contributed by atoms with Gasteiger partial charge in [0.25, 0.3) is 5.91 Å². The lowest BCUT2D eigenvalue weighted by Crippen LogP contribution is -2.48. The van der Waals surface area contributed by atoms with Crippen molar-refractivity contribution in [1.82, 2.24) is 14.8 Å². The number of alkyl halides is 3. The molecule has 0 bridgehead atoms. The number of amides is 1. The van der Waals surface area contributed by atoms with E-state index in [1.54, 1.807) is 0 Å². The molecule has 0 radical (unpaired) electrons. The first-order valence-electron chi connectivity index (χ1n) is 13.6. The standard InChI is InChI=1S/C32H32F3N3O2/c1-2-23-5-11-29(36-21-23)13-18-40-30-12-8-25-19-27(7-6-26(25)20-30)31(39)38-16-14-37(15-17-38)22-24-3-9-28(10-4-24)32(33,34)35/h3-12,19-21H,2,13-18,22H2,1H3. The number of ether oxygens (including phenoxy) is 1. The molecule has 1 aliphatic rings. The van der Waals surface area contributed by atoms with Crippen LogP contribution in [-0.2, 0) is 25.6 Å². The van der Waals surface area contributed by atoms with Gasteiger partial charge < -0.3 is 9.64 Å². The third-order valence-corrected chi connectivity index (χ3v) is 7.33. The number of nitrogens with zero attached hydrogens (tertiary/aromatic N) is 3. The molecular formula is C32H32F3N3O2. The molecule has 1 aliphatic heterocycles. The van der Waals surface area contributed by atoms with Gasteiger partial charge in [-0.2, -0.15) is 13.2 Å². The third-order valence-electron chi connectivity index (χ3n) is 7.33. The molecule has 1 aromatic heterocycles. The number of aryl methyl sites for hydroxylation is 1. The number of hydrogen-bond acceptors (Lipinski definition) is 4. The van der Waals surface area contributed by atoms with E-state index in [2.05, 4.69) is 22.9 Å². The summed E-state index contributed by atoms with van der Waals surface area (Å²) in [6.07, 6.45) is -0.719. The highest BCUT2D eigenvalue weighted by Gasteiger charge is 2.30. The predicted molar refractivity (Wildman–Crippen MR) is 149 cm³/mol. The van der Waals surface area contributed by atoms with Crippen molar-refractivity contribution >= 4 is 16.7 Å². The summed E-state index contributed by atoms with van der Waals surface area (Å²) in [5.41, 5.74) is 3.04. The first-order valence-corrected chi connectivity index (χ1v) is 13.6. The fourth-order valence-electron chi connectivity index (χ4n) is 4.88. The molecule has 40 heavy (non-hydrogen) atoms. The van der Waals surface area contributed by atoms with Crippen LogP contribution >= 0.6 is 0 Å². The Labute approximate surface area is 232 Å². The normalized spacial score (nSPS) is 14.4. The topological polar surface area (TPSA) is 45.7 Å². The van der Waals surface area contributed by atoms with Crippen LogP contribution in [0, 0.1) is 0 Å². The van der Waals surface area contributed by atoms with Crippen molar-refractivity contribution in [3.05, 3.63) is 107 Å². The SMILES string of the molecule is CCc1ccc(CCOc2ccc3cc(C(=O)N4CCN(Cc5ccc(C(F)(F)F)cc5)CC4)ccc3c2)nc1. The smallest absolute Gasteiger partial charge is 0.416 e. The number of hydrogen-bond donors (Lipinski definition) is 0. The van der Waals surface area contributed by atoms with E-state index in [1.165, 1.54) is 17.7 Å². The van der Waals surface area contributed by atoms with Crippen LogP contribution in [0.2, 0.25) is 0 Å². The van der Waals surface area contributed by atoms with Crippen LogP contribution in [0.3, 0.4) is 0 Å². The number of carbonyl (C=O) groups excluding carboxylic acids is 1. The van der Waals surface area contributed by atoms with Gasteiger partial charge in [0.15, 0.2) is 0 Å². The van der Waals surface area contributed by atoms with Crippen LogP contribution in [0.4, 0.5) is 13.2 Å². The van der Waals surface area contributed by atoms with Gasteiger partial charge in [0.1, 0.15) is 5.75 Å². The van der Waals surface area contributed by atoms with Gasteiger partial charge in [0.05, 0.1) is 12.2 Å². The van der Waals surface area contributed by atoms with E-state index in [4.69, 9.17) is 4.74 Å². The van der Waals surface area contributed by atoms with Gasteiger partial charge in [-0.15, -0.1) is 0 Å². The maximum Gasteiger partial charge on any atom is 0.416 e. The highest BCUT2D eigenvalue weighted by Crippen LogP contribution is 2.29. The van der Waals surface area contributed by atoms with Crippen molar-refractivity contribution in [1.29, 1.82) is 0 Å². The Morgan fingerprint density at radius 2 is 1.57 bits per heavy atom. The van der Waals surface area contributed by atoms with E-state index in [1.807, 2.05) is 53.6 Å². The lowest BCUT2D eigenvalue weighted by atomic mass is 10.1. The Balaban J connectivity index is 1.13. The molecule has 1 fully saturated rings. The fraction of sp³-hybridized carbons (Fsp3) is 0.312. The number of carbonyl (C=O) groups is 1. The summed E-state index contributed by atoms with van der Waals surface area (Å²) >= 11 is 0. The van der Waals surface area contributed by atoms with Gasteiger partial charge in [-0.05, 0) is 70.8 Å². The monoisotopic (exact) mass is 547 g/mol. The molecule has 0 saturated carbocycles. The van der Waals surface area contributed by atoms with E-state index in [9.17, 15) is 18.0 Å². The van der Waals surface area contributed by atoms with Crippen LogP contribution in [0.5, 0.6) is 5.75 Å². The van der Waals surface area contributed by atoms with E-state index < -0.39 is 11.7 Å². The maximum absolute atomic E-state index is 13.2. The van der Waals surface area contributed by atoms with Crippen molar-refractivity contribution in [2.45, 2.75) is 32.5 Å². The van der Waals surface area contributed by atoms with Gasteiger partial charge in [0, 0.05) is 56.6 Å². The Bertz CT molecular complexity index is 1450. The number of piperazine rings is 1. The molecule has 4 aromatic rings. The van der Waals surface area contributed by atoms with Gasteiger partial charge >= 0.3 is 6.18 Å². The summed E-state index contributed by atoms with van der Waals surface area (Å²) < 4.78 is 44.4. The van der Waals surface area contributed by atoms with E-state index in [-0.39, 0.29) is 5.91 Å². The Morgan fingerprint density at radius 3 is 2.25 bits per heavy atom. The minimum absolute atomic E-state index is 0.0157. The van der Waals surface area contributed by atoms with E-state index >= 15 is 0 Å². The average Bonchev–Trinajstić information content (AvgIpc) is 2.97.